The first kappa shape index (κ1) is 30.8. The topological polar surface area (TPSA) is 0 Å². The molecule has 0 atom stereocenters. The SMILES string of the molecule is [GaH3].[GaH3].[GaH3].[Re]. The molecule has 0 bridgehead atoms. The van der Waals surface area contributed by atoms with Gasteiger partial charge in [0.15, 0.2) is 0 Å². The number of hydrogen-bond donors (Lipinski definition) is 0. The van der Waals surface area contributed by atoms with Gasteiger partial charge in [0, 0.05) is 20.4 Å². The van der Waals surface area contributed by atoms with Crippen molar-refractivity contribution in [3.8, 4) is 0 Å². The summed E-state index contributed by atoms with van der Waals surface area (Å²) in [6.07, 6.45) is 0. The summed E-state index contributed by atoms with van der Waals surface area (Å²) in [5.41, 5.74) is 0. The molecule has 25 valence electrons. The largest absolute Gasteiger partial charge is 0 e. The van der Waals surface area contributed by atoms with Crippen molar-refractivity contribution in [2.45, 2.75) is 0 Å². The van der Waals surface area contributed by atoms with Crippen LogP contribution in [-0.2, 0) is 20.4 Å². The van der Waals surface area contributed by atoms with Crippen LogP contribution in [-0.4, -0.2) is 59.4 Å². The summed E-state index contributed by atoms with van der Waals surface area (Å²) in [5, 5.41) is 0. The molecular formula is H9Ga3Re. The Kier molecular flexibility index (Phi) is 136. The maximum atomic E-state index is 0. The van der Waals surface area contributed by atoms with Gasteiger partial charge in [-0.05, 0) is 0 Å². The fourth-order valence-electron chi connectivity index (χ4n) is 0. The normalized spacial score (nSPS) is 0. The van der Waals surface area contributed by atoms with E-state index in [-0.39, 0.29) is 79.8 Å². The van der Waals surface area contributed by atoms with Crippen LogP contribution in [0.1, 0.15) is 0 Å². The number of rotatable bonds is 0. The molecule has 0 aliphatic heterocycles. The average Bonchev–Trinajstić information content (AvgIpc) is 0. The molecule has 0 aliphatic carbocycles. The Hall–Kier alpha value is 2.57. The van der Waals surface area contributed by atoms with Crippen LogP contribution < -0.4 is 0 Å². The number of hydrogen-bond acceptors (Lipinski definition) is 0. The minimum atomic E-state index is 0. The summed E-state index contributed by atoms with van der Waals surface area (Å²) >= 11 is 0. The summed E-state index contributed by atoms with van der Waals surface area (Å²) in [6, 6.07) is 0. The van der Waals surface area contributed by atoms with E-state index in [0.29, 0.717) is 0 Å². The average molecular weight is 404 g/mol. The summed E-state index contributed by atoms with van der Waals surface area (Å²) < 4.78 is 0. The Morgan fingerprint density at radius 2 is 0.500 bits per heavy atom. The van der Waals surface area contributed by atoms with Crippen LogP contribution in [0.3, 0.4) is 0 Å². The Morgan fingerprint density at radius 1 is 0.500 bits per heavy atom. The minimum absolute atomic E-state index is 0. The predicted molar refractivity (Wildman–Crippen MR) is 29.8 cm³/mol. The van der Waals surface area contributed by atoms with Gasteiger partial charge in [0.25, 0.3) is 0 Å². The van der Waals surface area contributed by atoms with Gasteiger partial charge in [0.05, 0.1) is 0 Å². The van der Waals surface area contributed by atoms with Crippen molar-refractivity contribution in [3.05, 3.63) is 0 Å². The molecule has 0 N–H and O–H groups in total. The second-order valence-electron chi connectivity index (χ2n) is 0. The summed E-state index contributed by atoms with van der Waals surface area (Å²) in [7, 11) is 0. The maximum absolute atomic E-state index is 0. The van der Waals surface area contributed by atoms with E-state index in [0.717, 1.165) is 0 Å². The van der Waals surface area contributed by atoms with Gasteiger partial charge in [-0.2, -0.15) is 0 Å². The monoisotopic (exact) mass is 403 g/mol. The molecule has 0 aromatic carbocycles. The third kappa shape index (κ3) is 8.82. The Balaban J connectivity index is 0. The van der Waals surface area contributed by atoms with Gasteiger partial charge in [0.2, 0.25) is 0 Å². The first-order chi connectivity index (χ1) is 0. The van der Waals surface area contributed by atoms with Crippen molar-refractivity contribution in [2.24, 2.45) is 0 Å². The van der Waals surface area contributed by atoms with E-state index in [1.807, 2.05) is 0 Å². The summed E-state index contributed by atoms with van der Waals surface area (Å²) in [5.74, 6) is 0. The molecule has 0 saturated heterocycles. The fourth-order valence-corrected chi connectivity index (χ4v) is 0. The second kappa shape index (κ2) is 17.6. The van der Waals surface area contributed by atoms with Crippen LogP contribution in [0, 0.1) is 0 Å². The van der Waals surface area contributed by atoms with Crippen molar-refractivity contribution >= 4 is 59.4 Å². The van der Waals surface area contributed by atoms with Crippen LogP contribution in [0.2, 0.25) is 0 Å². The maximum Gasteiger partial charge on any atom is 0 e. The van der Waals surface area contributed by atoms with Crippen LogP contribution in [0.5, 0.6) is 0 Å². The molecule has 0 unspecified atom stereocenters. The van der Waals surface area contributed by atoms with Gasteiger partial charge in [-0.3, -0.25) is 0 Å². The third-order valence-corrected chi connectivity index (χ3v) is 0. The quantitative estimate of drug-likeness (QED) is 0.367. The zero-order chi connectivity index (χ0) is 0. The van der Waals surface area contributed by atoms with E-state index in [2.05, 4.69) is 0 Å². The standard InChI is InChI=1S/3Ga.Re.9H. The predicted octanol–water partition coefficient (Wildman–Crippen LogP) is -3.55. The zero-order valence-corrected chi connectivity index (χ0v) is 3.09. The molecule has 4 heteroatoms. The van der Waals surface area contributed by atoms with Gasteiger partial charge < -0.3 is 0 Å². The molecule has 1 radical (unpaired) electrons. The molecule has 0 rings (SSSR count). The summed E-state index contributed by atoms with van der Waals surface area (Å²) in [4.78, 5) is 0. The molecule has 0 aromatic rings. The minimum Gasteiger partial charge on any atom is 0 e. The van der Waals surface area contributed by atoms with Crippen LogP contribution >= 0.6 is 0 Å². The first-order valence-electron chi connectivity index (χ1n) is 0. The van der Waals surface area contributed by atoms with Crippen LogP contribution in [0.15, 0.2) is 0 Å². The van der Waals surface area contributed by atoms with Crippen molar-refractivity contribution < 1.29 is 20.4 Å². The molecule has 0 amide bonds. The van der Waals surface area contributed by atoms with Gasteiger partial charge in [-0.25, -0.2) is 0 Å². The van der Waals surface area contributed by atoms with Crippen LogP contribution in [0.4, 0.5) is 0 Å². The molecule has 0 nitrogen and oxygen atoms in total. The van der Waals surface area contributed by atoms with Gasteiger partial charge in [-0.1, -0.05) is 0 Å². The molecule has 0 aliphatic rings. The van der Waals surface area contributed by atoms with Crippen molar-refractivity contribution in [3.63, 3.8) is 0 Å². The molecule has 0 aromatic heterocycles. The van der Waals surface area contributed by atoms with Gasteiger partial charge in [0.1, 0.15) is 0 Å². The summed E-state index contributed by atoms with van der Waals surface area (Å²) in [6.45, 7) is 0. The van der Waals surface area contributed by atoms with Crippen molar-refractivity contribution in [1.82, 2.24) is 0 Å². The molecular weight excluding hydrogens is 395 g/mol. The molecule has 0 heterocycles. The van der Waals surface area contributed by atoms with E-state index in [9.17, 15) is 0 Å². The second-order valence-corrected chi connectivity index (χ2v) is 0. The first-order valence-corrected chi connectivity index (χ1v) is 0. The Labute approximate surface area is 78.7 Å². The van der Waals surface area contributed by atoms with E-state index in [4.69, 9.17) is 0 Å². The van der Waals surface area contributed by atoms with Gasteiger partial charge in [-0.15, -0.1) is 0 Å². The molecule has 0 saturated carbocycles. The van der Waals surface area contributed by atoms with Gasteiger partial charge >= 0.3 is 59.4 Å². The smallest absolute Gasteiger partial charge is 0 e. The third-order valence-electron chi connectivity index (χ3n) is 0. The zero-order valence-electron chi connectivity index (χ0n) is 0.378. The van der Waals surface area contributed by atoms with Crippen molar-refractivity contribution in [2.75, 3.05) is 0 Å². The molecule has 0 spiro atoms. The molecule has 0 fully saturated rings. The molecule has 4 heavy (non-hydrogen) atoms. The Morgan fingerprint density at radius 3 is 0.500 bits per heavy atom. The fraction of sp³-hybridized carbons (Fsp3) is 0. The van der Waals surface area contributed by atoms with E-state index >= 15 is 0 Å². The van der Waals surface area contributed by atoms with Crippen LogP contribution in [0.25, 0.3) is 0 Å². The van der Waals surface area contributed by atoms with E-state index < -0.39 is 0 Å². The Bertz CT molecular complexity index is 3.25. The van der Waals surface area contributed by atoms with Crippen molar-refractivity contribution in [1.29, 1.82) is 0 Å². The van der Waals surface area contributed by atoms with E-state index in [1.165, 1.54) is 0 Å². The van der Waals surface area contributed by atoms with E-state index in [1.54, 1.807) is 0 Å².